The number of hydrogen-bond donors (Lipinski definition) is 0. The van der Waals surface area contributed by atoms with E-state index >= 15 is 0 Å². The van der Waals surface area contributed by atoms with Crippen molar-refractivity contribution >= 4 is 16.7 Å². The van der Waals surface area contributed by atoms with Crippen molar-refractivity contribution in [3.63, 3.8) is 0 Å². The summed E-state index contributed by atoms with van der Waals surface area (Å²) in [4.78, 5) is 0. The summed E-state index contributed by atoms with van der Waals surface area (Å²) in [6, 6.07) is 0. The molecule has 2 fully saturated rings. The summed E-state index contributed by atoms with van der Waals surface area (Å²) in [6.07, 6.45) is 7.69. The van der Waals surface area contributed by atoms with E-state index < -0.39 is 11.0 Å². The van der Waals surface area contributed by atoms with Gasteiger partial charge < -0.3 is 0 Å². The molecule has 13 heavy (non-hydrogen) atoms. The van der Waals surface area contributed by atoms with Gasteiger partial charge in [0.2, 0.25) is 0 Å². The summed E-state index contributed by atoms with van der Waals surface area (Å²) in [7, 11) is -0.940. The Morgan fingerprint density at radius 2 is 2.08 bits per heavy atom. The van der Waals surface area contributed by atoms with Crippen LogP contribution in [-0.4, -0.2) is 15.7 Å². The quantitative estimate of drug-likeness (QED) is 0.671. The second-order valence-corrected chi connectivity index (χ2v) is 5.54. The van der Waals surface area contributed by atoms with Crippen LogP contribution in [0.25, 0.3) is 0 Å². The van der Waals surface area contributed by atoms with Gasteiger partial charge in [0.1, 0.15) is 11.0 Å². The fourth-order valence-electron chi connectivity index (χ4n) is 2.51. The first kappa shape index (κ1) is 9.38. The van der Waals surface area contributed by atoms with Gasteiger partial charge in [-0.2, -0.15) is 4.40 Å². The summed E-state index contributed by atoms with van der Waals surface area (Å²) in [5.74, 6) is 0.666. The lowest BCUT2D eigenvalue weighted by Gasteiger charge is -2.39. The first-order valence-corrected chi connectivity index (χ1v) is 6.51. The van der Waals surface area contributed by atoms with Crippen LogP contribution in [0.2, 0.25) is 0 Å². The maximum absolute atomic E-state index is 11.3. The summed E-state index contributed by atoms with van der Waals surface area (Å²) < 4.78 is 15.6. The molecule has 0 N–H and O–H groups in total. The molecular formula is C10H17NOS. The van der Waals surface area contributed by atoms with Gasteiger partial charge in [-0.3, -0.25) is 0 Å². The van der Waals surface area contributed by atoms with Crippen molar-refractivity contribution < 1.29 is 4.21 Å². The monoisotopic (exact) mass is 199 g/mol. The Labute approximate surface area is 82.4 Å². The molecule has 0 bridgehead atoms. The highest BCUT2D eigenvalue weighted by molar-refractivity contribution is 7.83. The van der Waals surface area contributed by atoms with E-state index in [1.54, 1.807) is 0 Å². The van der Waals surface area contributed by atoms with E-state index in [2.05, 4.69) is 4.40 Å². The lowest BCUT2D eigenvalue weighted by molar-refractivity contribution is 0.341. The highest BCUT2D eigenvalue weighted by Crippen LogP contribution is 2.51. The molecule has 0 radical (unpaired) electrons. The smallest absolute Gasteiger partial charge is 0.138 e. The minimum Gasteiger partial charge on any atom is -0.235 e. The van der Waals surface area contributed by atoms with Crippen LogP contribution >= 0.6 is 0 Å². The number of nitrogens with zero attached hydrogens (tertiary/aromatic N) is 1. The SMILES string of the molecule is CCS(=O)/N=C1\CCC12CCCC2. The Morgan fingerprint density at radius 3 is 2.54 bits per heavy atom. The van der Waals surface area contributed by atoms with Crippen LogP contribution in [-0.2, 0) is 11.0 Å². The van der Waals surface area contributed by atoms with Gasteiger partial charge in [0.15, 0.2) is 0 Å². The van der Waals surface area contributed by atoms with Gasteiger partial charge in [-0.25, -0.2) is 4.21 Å². The van der Waals surface area contributed by atoms with Crippen LogP contribution in [0, 0.1) is 5.41 Å². The van der Waals surface area contributed by atoms with Crippen LogP contribution in [0.3, 0.4) is 0 Å². The van der Waals surface area contributed by atoms with Crippen LogP contribution in [0.1, 0.15) is 45.4 Å². The van der Waals surface area contributed by atoms with Crippen molar-refractivity contribution in [2.24, 2.45) is 9.81 Å². The molecule has 1 spiro atoms. The highest BCUT2D eigenvalue weighted by atomic mass is 32.2. The summed E-state index contributed by atoms with van der Waals surface area (Å²) in [5.41, 5.74) is 1.69. The van der Waals surface area contributed by atoms with Gasteiger partial charge >= 0.3 is 0 Å². The van der Waals surface area contributed by atoms with E-state index in [9.17, 15) is 4.21 Å². The lowest BCUT2D eigenvalue weighted by Crippen LogP contribution is -2.38. The highest BCUT2D eigenvalue weighted by Gasteiger charge is 2.45. The van der Waals surface area contributed by atoms with Crippen LogP contribution in [0.5, 0.6) is 0 Å². The molecule has 1 atom stereocenters. The lowest BCUT2D eigenvalue weighted by atomic mass is 9.66. The largest absolute Gasteiger partial charge is 0.235 e. The molecule has 3 heteroatoms. The van der Waals surface area contributed by atoms with Gasteiger partial charge in [-0.1, -0.05) is 19.8 Å². The first-order chi connectivity index (χ1) is 6.27. The van der Waals surface area contributed by atoms with E-state index in [4.69, 9.17) is 0 Å². The molecule has 0 aromatic rings. The van der Waals surface area contributed by atoms with Gasteiger partial charge in [0, 0.05) is 16.9 Å². The molecule has 2 rings (SSSR count). The molecule has 0 aromatic carbocycles. The fourth-order valence-corrected chi connectivity index (χ4v) is 3.17. The van der Waals surface area contributed by atoms with E-state index in [1.165, 1.54) is 37.8 Å². The topological polar surface area (TPSA) is 29.4 Å². The second-order valence-electron chi connectivity index (χ2n) is 4.14. The minimum absolute atomic E-state index is 0.421. The summed E-state index contributed by atoms with van der Waals surface area (Å²) in [6.45, 7) is 1.93. The third-order valence-electron chi connectivity index (χ3n) is 3.47. The maximum atomic E-state index is 11.3. The Morgan fingerprint density at radius 1 is 1.38 bits per heavy atom. The summed E-state index contributed by atoms with van der Waals surface area (Å²) in [5, 5.41) is 0. The minimum atomic E-state index is -0.940. The molecule has 2 aliphatic rings. The first-order valence-electron chi connectivity index (χ1n) is 5.23. The van der Waals surface area contributed by atoms with Crippen LogP contribution < -0.4 is 0 Å². The molecule has 0 heterocycles. The third kappa shape index (κ3) is 1.58. The molecule has 1 unspecified atom stereocenters. The van der Waals surface area contributed by atoms with E-state index in [1.807, 2.05) is 6.92 Å². The molecule has 2 aliphatic carbocycles. The van der Waals surface area contributed by atoms with Gasteiger partial charge in [0.25, 0.3) is 0 Å². The van der Waals surface area contributed by atoms with Crippen LogP contribution in [0.4, 0.5) is 0 Å². The van der Waals surface area contributed by atoms with Crippen molar-refractivity contribution in [1.82, 2.24) is 0 Å². The normalized spacial score (nSPS) is 30.7. The fraction of sp³-hybridized carbons (Fsp3) is 0.900. The Balaban J connectivity index is 2.08. The Bertz CT molecular complexity index is 254. The molecular weight excluding hydrogens is 182 g/mol. The predicted molar refractivity (Wildman–Crippen MR) is 56.3 cm³/mol. The average molecular weight is 199 g/mol. The van der Waals surface area contributed by atoms with Crippen LogP contribution in [0.15, 0.2) is 4.40 Å². The number of rotatable bonds is 2. The predicted octanol–water partition coefficient (Wildman–Crippen LogP) is 2.47. The average Bonchev–Trinajstić information content (AvgIpc) is 2.62. The standard InChI is InChI=1S/C10H17NOS/c1-2-13(12)11-9-5-8-10(9)6-3-4-7-10/h2-8H2,1H3/b11-9+. The summed E-state index contributed by atoms with van der Waals surface area (Å²) >= 11 is 0. The van der Waals surface area contributed by atoms with E-state index in [0.717, 1.165) is 6.42 Å². The zero-order valence-electron chi connectivity index (χ0n) is 8.21. The second kappa shape index (κ2) is 3.52. The molecule has 2 nitrogen and oxygen atoms in total. The van der Waals surface area contributed by atoms with E-state index in [-0.39, 0.29) is 0 Å². The van der Waals surface area contributed by atoms with Crippen molar-refractivity contribution in [3.8, 4) is 0 Å². The zero-order valence-corrected chi connectivity index (χ0v) is 9.03. The maximum Gasteiger partial charge on any atom is 0.138 e. The molecule has 2 saturated carbocycles. The zero-order chi connectivity index (χ0) is 9.31. The van der Waals surface area contributed by atoms with E-state index in [0.29, 0.717) is 11.2 Å². The van der Waals surface area contributed by atoms with Gasteiger partial charge in [0.05, 0.1) is 0 Å². The van der Waals surface area contributed by atoms with Crippen molar-refractivity contribution in [3.05, 3.63) is 0 Å². The molecule has 0 aliphatic heterocycles. The van der Waals surface area contributed by atoms with Gasteiger partial charge in [-0.15, -0.1) is 0 Å². The van der Waals surface area contributed by atoms with Crippen molar-refractivity contribution in [2.45, 2.75) is 45.4 Å². The Kier molecular flexibility index (Phi) is 2.54. The number of hydrogen-bond acceptors (Lipinski definition) is 1. The molecule has 74 valence electrons. The molecule has 0 aromatic heterocycles. The van der Waals surface area contributed by atoms with Crippen molar-refractivity contribution in [2.75, 3.05) is 5.75 Å². The molecule has 0 saturated heterocycles. The van der Waals surface area contributed by atoms with Crippen molar-refractivity contribution in [1.29, 1.82) is 0 Å². The van der Waals surface area contributed by atoms with Gasteiger partial charge in [-0.05, 0) is 25.7 Å². The molecule has 0 amide bonds. The third-order valence-corrected chi connectivity index (χ3v) is 4.39. The Hall–Kier alpha value is -0.180.